The fourth-order valence-corrected chi connectivity index (χ4v) is 3.01. The molecule has 0 aliphatic heterocycles. The maximum absolute atomic E-state index is 12.2. The molecule has 0 saturated carbocycles. The topological polar surface area (TPSA) is 78.7 Å². The van der Waals surface area contributed by atoms with E-state index in [1.807, 2.05) is 6.92 Å². The lowest BCUT2D eigenvalue weighted by atomic mass is 10.3. The van der Waals surface area contributed by atoms with Gasteiger partial charge in [0.2, 0.25) is 6.20 Å². The summed E-state index contributed by atoms with van der Waals surface area (Å²) in [5, 5.41) is 10.6. The molecule has 7 heteroatoms. The summed E-state index contributed by atoms with van der Waals surface area (Å²) in [6.45, 7) is 5.56. The lowest BCUT2D eigenvalue weighted by Gasteiger charge is -2.17. The van der Waals surface area contributed by atoms with Gasteiger partial charge < -0.3 is 9.05 Å². The lowest BCUT2D eigenvalue weighted by molar-refractivity contribution is -0.403. The number of allylic oxidation sites excluding steroid dienone is 1. The van der Waals surface area contributed by atoms with Crippen LogP contribution in [0.25, 0.3) is 0 Å². The number of nitro groups is 1. The minimum atomic E-state index is -3.48. The molecule has 0 aromatic carbocycles. The van der Waals surface area contributed by atoms with Gasteiger partial charge in [0.05, 0.1) is 18.1 Å². The second-order valence-electron chi connectivity index (χ2n) is 2.99. The molecule has 0 aliphatic carbocycles. The van der Waals surface area contributed by atoms with E-state index >= 15 is 0 Å². The van der Waals surface area contributed by atoms with E-state index in [1.165, 1.54) is 0 Å². The Balaban J connectivity index is 5.08. The number of nitrogens with zero attached hydrogens (tertiary/aromatic N) is 1. The van der Waals surface area contributed by atoms with Crippen LogP contribution < -0.4 is 0 Å². The Morgan fingerprint density at radius 1 is 1.31 bits per heavy atom. The molecule has 6 nitrogen and oxygen atoms in total. The summed E-state index contributed by atoms with van der Waals surface area (Å²) in [7, 11) is -3.48. The Bertz CT molecular complexity index is 292. The Labute approximate surface area is 95.3 Å². The Kier molecular flexibility index (Phi) is 7.21. The van der Waals surface area contributed by atoms with Gasteiger partial charge in [0.1, 0.15) is 5.31 Å². The highest BCUT2D eigenvalue weighted by atomic mass is 31.2. The number of hydrogen-bond donors (Lipinski definition) is 0. The first kappa shape index (κ1) is 15.3. The van der Waals surface area contributed by atoms with Gasteiger partial charge in [-0.3, -0.25) is 14.7 Å². The van der Waals surface area contributed by atoms with Gasteiger partial charge in [-0.15, -0.1) is 0 Å². The molecule has 0 bridgehead atoms. The zero-order chi connectivity index (χ0) is 12.6. The summed E-state index contributed by atoms with van der Waals surface area (Å²) >= 11 is 0. The molecule has 0 N–H and O–H groups in total. The monoisotopic (exact) mass is 251 g/mol. The van der Waals surface area contributed by atoms with Crippen molar-refractivity contribution in [3.8, 4) is 0 Å². The van der Waals surface area contributed by atoms with Crippen LogP contribution in [0.1, 0.15) is 33.6 Å². The second-order valence-corrected chi connectivity index (χ2v) is 5.07. The van der Waals surface area contributed by atoms with Crippen LogP contribution >= 0.6 is 7.60 Å². The quantitative estimate of drug-likeness (QED) is 0.376. The van der Waals surface area contributed by atoms with Crippen LogP contribution in [-0.2, 0) is 13.6 Å². The minimum Gasteiger partial charge on any atom is -0.306 e. The van der Waals surface area contributed by atoms with E-state index < -0.39 is 12.5 Å². The van der Waals surface area contributed by atoms with Crippen LogP contribution in [0.5, 0.6) is 0 Å². The van der Waals surface area contributed by atoms with Gasteiger partial charge in [0.25, 0.3) is 0 Å². The van der Waals surface area contributed by atoms with Crippen molar-refractivity contribution < 1.29 is 18.5 Å². The predicted molar refractivity (Wildman–Crippen MR) is 60.8 cm³/mol. The smallest absolute Gasteiger partial charge is 0.306 e. The molecule has 0 amide bonds. The lowest BCUT2D eigenvalue weighted by Crippen LogP contribution is -2.01. The van der Waals surface area contributed by atoms with E-state index in [1.54, 1.807) is 13.8 Å². The average Bonchev–Trinajstić information content (AvgIpc) is 2.17. The Morgan fingerprint density at radius 2 is 1.81 bits per heavy atom. The molecule has 0 aromatic rings. The first-order valence-corrected chi connectivity index (χ1v) is 6.78. The van der Waals surface area contributed by atoms with E-state index in [4.69, 9.17) is 9.05 Å². The van der Waals surface area contributed by atoms with Gasteiger partial charge in [-0.2, -0.15) is 0 Å². The maximum atomic E-state index is 12.2. The van der Waals surface area contributed by atoms with E-state index in [2.05, 4.69) is 0 Å². The van der Waals surface area contributed by atoms with Crippen molar-refractivity contribution in [1.82, 2.24) is 0 Å². The molecule has 0 aromatic heterocycles. The van der Waals surface area contributed by atoms with E-state index in [0.717, 1.165) is 6.20 Å². The van der Waals surface area contributed by atoms with Crippen molar-refractivity contribution in [3.05, 3.63) is 21.6 Å². The highest BCUT2D eigenvalue weighted by Gasteiger charge is 2.31. The van der Waals surface area contributed by atoms with Crippen LogP contribution in [0.2, 0.25) is 0 Å². The molecule has 0 atom stereocenters. The molecule has 0 heterocycles. The Morgan fingerprint density at radius 3 is 2.12 bits per heavy atom. The van der Waals surface area contributed by atoms with Crippen LogP contribution in [0.4, 0.5) is 0 Å². The molecule has 0 radical (unpaired) electrons. The van der Waals surface area contributed by atoms with Crippen LogP contribution in [0, 0.1) is 10.1 Å². The zero-order valence-corrected chi connectivity index (χ0v) is 10.7. The molecule has 0 fully saturated rings. The van der Waals surface area contributed by atoms with E-state index in [0.29, 0.717) is 12.8 Å². The van der Waals surface area contributed by atoms with Crippen molar-refractivity contribution in [2.24, 2.45) is 0 Å². The van der Waals surface area contributed by atoms with Crippen LogP contribution in [-0.4, -0.2) is 18.1 Å². The van der Waals surface area contributed by atoms with Crippen molar-refractivity contribution >= 4 is 7.60 Å². The van der Waals surface area contributed by atoms with Gasteiger partial charge in [-0.25, -0.2) is 0 Å². The fraction of sp³-hybridized carbons (Fsp3) is 0.778. The van der Waals surface area contributed by atoms with Crippen LogP contribution in [0.15, 0.2) is 11.5 Å². The average molecular weight is 251 g/mol. The van der Waals surface area contributed by atoms with Gasteiger partial charge in [-0.1, -0.05) is 13.3 Å². The van der Waals surface area contributed by atoms with Crippen molar-refractivity contribution in [2.45, 2.75) is 33.6 Å². The largest absolute Gasteiger partial charge is 0.363 e. The highest BCUT2D eigenvalue weighted by Crippen LogP contribution is 2.57. The van der Waals surface area contributed by atoms with Gasteiger partial charge >= 0.3 is 7.60 Å². The van der Waals surface area contributed by atoms with Crippen LogP contribution in [0.3, 0.4) is 0 Å². The van der Waals surface area contributed by atoms with Gasteiger partial charge in [0.15, 0.2) is 0 Å². The zero-order valence-electron chi connectivity index (χ0n) is 9.84. The maximum Gasteiger partial charge on any atom is 0.363 e. The third kappa shape index (κ3) is 4.88. The summed E-state index contributed by atoms with van der Waals surface area (Å²) in [6, 6.07) is 0. The second kappa shape index (κ2) is 7.54. The first-order valence-electron chi connectivity index (χ1n) is 5.24. The number of hydrogen-bond acceptors (Lipinski definition) is 5. The predicted octanol–water partition coefficient (Wildman–Crippen LogP) is 3.17. The molecule has 16 heavy (non-hydrogen) atoms. The van der Waals surface area contributed by atoms with Gasteiger partial charge in [0, 0.05) is 0 Å². The molecule has 94 valence electrons. The summed E-state index contributed by atoms with van der Waals surface area (Å²) in [6.07, 6.45) is 1.71. The van der Waals surface area contributed by atoms with Crippen molar-refractivity contribution in [2.75, 3.05) is 13.2 Å². The highest BCUT2D eigenvalue weighted by molar-refractivity contribution is 7.58. The summed E-state index contributed by atoms with van der Waals surface area (Å²) in [5.74, 6) is 0. The SMILES string of the molecule is CCC/C(=C\[N+](=O)[O-])P(=O)(OCC)OCC. The van der Waals surface area contributed by atoms with Gasteiger partial charge in [-0.05, 0) is 20.3 Å². The Hall–Kier alpha value is -0.710. The third-order valence-electron chi connectivity index (χ3n) is 1.71. The van der Waals surface area contributed by atoms with E-state index in [9.17, 15) is 14.7 Å². The fourth-order valence-electron chi connectivity index (χ4n) is 1.19. The molecule has 0 saturated heterocycles. The molecule has 0 unspecified atom stereocenters. The van der Waals surface area contributed by atoms with Crippen molar-refractivity contribution in [1.29, 1.82) is 0 Å². The minimum absolute atomic E-state index is 0.128. The van der Waals surface area contributed by atoms with E-state index in [-0.39, 0.29) is 18.5 Å². The first-order chi connectivity index (χ1) is 7.50. The number of rotatable bonds is 8. The summed E-state index contributed by atoms with van der Waals surface area (Å²) in [4.78, 5) is 9.81. The summed E-state index contributed by atoms with van der Waals surface area (Å²) < 4.78 is 22.3. The molecule has 0 aliphatic rings. The van der Waals surface area contributed by atoms with Crippen molar-refractivity contribution in [3.63, 3.8) is 0 Å². The molecule has 0 rings (SSSR count). The molecular formula is C9H18NO5P. The third-order valence-corrected chi connectivity index (χ3v) is 3.95. The normalized spacial score (nSPS) is 12.8. The molecular weight excluding hydrogens is 233 g/mol. The molecule has 0 spiro atoms. The summed E-state index contributed by atoms with van der Waals surface area (Å²) in [5.41, 5.74) is 0. The standard InChI is InChI=1S/C9H18NO5P/c1-4-7-9(8-10(11)12)16(13,14-5-2)15-6-3/h8H,4-7H2,1-3H3/b9-8+.